The van der Waals surface area contributed by atoms with Gasteiger partial charge in [-0.1, -0.05) is 9.59 Å². The molecule has 0 aliphatic rings. The fourth-order valence-corrected chi connectivity index (χ4v) is 1.68. The van der Waals surface area contributed by atoms with E-state index in [1.807, 2.05) is 0 Å². The van der Waals surface area contributed by atoms with Gasteiger partial charge in [-0.05, 0) is 11.3 Å². The Labute approximate surface area is 108 Å². The van der Waals surface area contributed by atoms with Crippen LogP contribution in [0.15, 0.2) is 12.1 Å². The molecule has 2 aromatic rings. The maximum absolute atomic E-state index is 13.6. The number of carbonyl (C=O) groups excluding carboxylic acids is 1. The minimum absolute atomic E-state index is 0.0234. The van der Waals surface area contributed by atoms with E-state index in [0.29, 0.717) is 0 Å². The summed E-state index contributed by atoms with van der Waals surface area (Å²) in [6, 6.07) is 1.68. The van der Waals surface area contributed by atoms with E-state index < -0.39 is 33.6 Å². The molecule has 11 heteroatoms. The number of nitrogen functional groups attached to an aromatic ring is 1. The Hall–Kier alpha value is -2.69. The van der Waals surface area contributed by atoms with Gasteiger partial charge in [-0.3, -0.25) is 20.2 Å². The van der Waals surface area contributed by atoms with Crippen LogP contribution in [-0.4, -0.2) is 25.6 Å². The molecular formula is C8H5FN6O3S. The van der Waals surface area contributed by atoms with Crippen LogP contribution in [0.1, 0.15) is 10.4 Å². The second kappa shape index (κ2) is 4.89. The highest BCUT2D eigenvalue weighted by atomic mass is 32.1. The topological polar surface area (TPSA) is 137 Å². The van der Waals surface area contributed by atoms with E-state index in [1.165, 1.54) is 0 Å². The number of nitrogens with one attached hydrogen (secondary N) is 1. The quantitative estimate of drug-likeness (QED) is 0.483. The molecule has 1 amide bonds. The van der Waals surface area contributed by atoms with Gasteiger partial charge in [-0.25, -0.2) is 4.39 Å². The number of nitro benzene ring substituents is 1. The van der Waals surface area contributed by atoms with Crippen molar-refractivity contribution in [3.8, 4) is 0 Å². The van der Waals surface area contributed by atoms with Crippen LogP contribution in [0.4, 0.5) is 20.9 Å². The number of carbonyl (C=O) groups is 1. The molecule has 1 heterocycles. The van der Waals surface area contributed by atoms with Crippen LogP contribution in [0.5, 0.6) is 0 Å². The van der Waals surface area contributed by atoms with E-state index in [0.717, 1.165) is 23.7 Å². The first-order chi connectivity index (χ1) is 9.00. The van der Waals surface area contributed by atoms with Gasteiger partial charge in [0.1, 0.15) is 17.1 Å². The first kappa shape index (κ1) is 12.8. The minimum Gasteiger partial charge on any atom is -0.392 e. The second-order valence-electron chi connectivity index (χ2n) is 3.23. The van der Waals surface area contributed by atoms with E-state index in [1.54, 1.807) is 0 Å². The lowest BCUT2D eigenvalue weighted by molar-refractivity contribution is -0.384. The summed E-state index contributed by atoms with van der Waals surface area (Å²) in [6.45, 7) is 0. The molecule has 0 bridgehead atoms. The van der Waals surface area contributed by atoms with E-state index >= 15 is 0 Å². The minimum atomic E-state index is -0.974. The van der Waals surface area contributed by atoms with Gasteiger partial charge in [-0.15, -0.1) is 0 Å². The number of nitrogens with two attached hydrogens (primary N) is 1. The van der Waals surface area contributed by atoms with Gasteiger partial charge in [-0.2, -0.15) is 0 Å². The number of halogens is 1. The van der Waals surface area contributed by atoms with Gasteiger partial charge in [0.05, 0.1) is 4.92 Å². The van der Waals surface area contributed by atoms with Crippen molar-refractivity contribution in [2.45, 2.75) is 0 Å². The first-order valence-electron chi connectivity index (χ1n) is 4.69. The van der Waals surface area contributed by atoms with E-state index in [2.05, 4.69) is 20.1 Å². The van der Waals surface area contributed by atoms with E-state index in [-0.39, 0.29) is 5.13 Å². The Morgan fingerprint density at radius 3 is 2.84 bits per heavy atom. The van der Waals surface area contributed by atoms with E-state index in [9.17, 15) is 19.3 Å². The predicted molar refractivity (Wildman–Crippen MR) is 63.1 cm³/mol. The van der Waals surface area contributed by atoms with Crippen LogP contribution in [0.25, 0.3) is 0 Å². The predicted octanol–water partition coefficient (Wildman–Crippen LogP) is 0.815. The zero-order valence-corrected chi connectivity index (χ0v) is 9.85. The third kappa shape index (κ3) is 2.44. The maximum atomic E-state index is 13.6. The number of anilines is 2. The molecule has 98 valence electrons. The number of nitro groups is 1. The third-order valence-corrected chi connectivity index (χ3v) is 2.63. The molecule has 0 radical (unpaired) electrons. The summed E-state index contributed by atoms with van der Waals surface area (Å²) >= 11 is 0.767. The van der Waals surface area contributed by atoms with Crippen molar-refractivity contribution < 1.29 is 14.1 Å². The summed E-state index contributed by atoms with van der Waals surface area (Å²) in [7, 11) is 0. The van der Waals surface area contributed by atoms with Crippen molar-refractivity contribution in [3.63, 3.8) is 0 Å². The highest BCUT2D eigenvalue weighted by Crippen LogP contribution is 2.28. The molecule has 2 rings (SSSR count). The lowest BCUT2D eigenvalue weighted by atomic mass is 10.1. The smallest absolute Gasteiger partial charge is 0.293 e. The first-order valence-corrected chi connectivity index (χ1v) is 5.46. The number of aromatic nitrogens is 3. The Bertz CT molecular complexity index is 646. The van der Waals surface area contributed by atoms with Crippen LogP contribution in [0, 0.1) is 15.9 Å². The molecule has 0 saturated carbocycles. The molecular weight excluding hydrogens is 279 g/mol. The van der Waals surface area contributed by atoms with Crippen molar-refractivity contribution in [1.29, 1.82) is 0 Å². The van der Waals surface area contributed by atoms with Gasteiger partial charge in [0.2, 0.25) is 5.13 Å². The average molecular weight is 284 g/mol. The summed E-state index contributed by atoms with van der Waals surface area (Å²) in [5, 5.41) is 19.5. The van der Waals surface area contributed by atoms with Crippen molar-refractivity contribution in [2.24, 2.45) is 0 Å². The molecule has 0 spiro atoms. The number of rotatable bonds is 3. The molecule has 0 aliphatic heterocycles. The maximum Gasteiger partial charge on any atom is 0.293 e. The molecule has 1 aromatic carbocycles. The van der Waals surface area contributed by atoms with Crippen molar-refractivity contribution >= 4 is 33.9 Å². The van der Waals surface area contributed by atoms with E-state index in [4.69, 9.17) is 5.73 Å². The molecule has 0 fully saturated rings. The molecule has 0 saturated heterocycles. The van der Waals surface area contributed by atoms with Crippen LogP contribution in [-0.2, 0) is 0 Å². The molecule has 1 aromatic heterocycles. The summed E-state index contributed by atoms with van der Waals surface area (Å²) in [5.74, 6) is -1.93. The number of nitrogens with zero attached hydrogens (tertiary/aromatic N) is 4. The van der Waals surface area contributed by atoms with Crippen LogP contribution >= 0.6 is 11.5 Å². The van der Waals surface area contributed by atoms with Gasteiger partial charge >= 0.3 is 0 Å². The van der Waals surface area contributed by atoms with Crippen molar-refractivity contribution in [2.75, 3.05) is 11.1 Å². The summed E-state index contributed by atoms with van der Waals surface area (Å²) < 4.78 is 17.0. The SMILES string of the molecule is Nc1c([N+](=O)[O-])ccc(F)c1C(=O)Nc1nnns1. The molecule has 19 heavy (non-hydrogen) atoms. The zero-order chi connectivity index (χ0) is 14.0. The molecule has 0 atom stereocenters. The molecule has 9 nitrogen and oxygen atoms in total. The Kier molecular flexibility index (Phi) is 3.29. The molecule has 0 aliphatic carbocycles. The number of hydrogen-bond acceptors (Lipinski definition) is 8. The Morgan fingerprint density at radius 2 is 2.26 bits per heavy atom. The number of amides is 1. The number of hydrogen-bond donors (Lipinski definition) is 2. The summed E-state index contributed by atoms with van der Waals surface area (Å²) in [4.78, 5) is 21.6. The van der Waals surface area contributed by atoms with Gasteiger partial charge < -0.3 is 5.73 Å². The van der Waals surface area contributed by atoms with Crippen LogP contribution in [0.3, 0.4) is 0 Å². The monoisotopic (exact) mass is 284 g/mol. The van der Waals surface area contributed by atoms with Crippen molar-refractivity contribution in [3.05, 3.63) is 33.6 Å². The van der Waals surface area contributed by atoms with Gasteiger partial charge in [0.25, 0.3) is 11.6 Å². The lowest BCUT2D eigenvalue weighted by Crippen LogP contribution is -2.17. The molecule has 0 unspecified atom stereocenters. The summed E-state index contributed by atoms with van der Waals surface area (Å²) in [6.07, 6.45) is 0. The number of benzene rings is 1. The third-order valence-electron chi connectivity index (χ3n) is 2.12. The normalized spacial score (nSPS) is 10.2. The van der Waals surface area contributed by atoms with Gasteiger partial charge in [0, 0.05) is 17.6 Å². The van der Waals surface area contributed by atoms with Gasteiger partial charge in [0.15, 0.2) is 0 Å². The Morgan fingerprint density at radius 1 is 1.53 bits per heavy atom. The zero-order valence-electron chi connectivity index (χ0n) is 9.03. The molecule has 3 N–H and O–H groups in total. The van der Waals surface area contributed by atoms with Crippen molar-refractivity contribution in [1.82, 2.24) is 14.8 Å². The second-order valence-corrected chi connectivity index (χ2v) is 3.97. The fourth-order valence-electron chi connectivity index (χ4n) is 1.31. The average Bonchev–Trinajstić information content (AvgIpc) is 2.81. The highest BCUT2D eigenvalue weighted by Gasteiger charge is 2.24. The largest absolute Gasteiger partial charge is 0.392 e. The standard InChI is InChI=1S/C8H5FN6O3S/c9-3-1-2-4(15(17)18)6(10)5(3)7(16)11-8-12-13-14-19-8/h1-2H,10H2,(H,11,12,14,16). The lowest BCUT2D eigenvalue weighted by Gasteiger charge is -2.06. The van der Waals surface area contributed by atoms with Crippen LogP contribution < -0.4 is 11.1 Å². The fraction of sp³-hybridized carbons (Fsp3) is 0. The Balaban J connectivity index is 2.41. The van der Waals surface area contributed by atoms with Crippen LogP contribution in [0.2, 0.25) is 0 Å². The highest BCUT2D eigenvalue weighted by molar-refractivity contribution is 7.09. The summed E-state index contributed by atoms with van der Waals surface area (Å²) in [5.41, 5.74) is 3.69.